The summed E-state index contributed by atoms with van der Waals surface area (Å²) in [6.45, 7) is 8.52. The lowest BCUT2D eigenvalue weighted by atomic mass is 10.0. The fourth-order valence-electron chi connectivity index (χ4n) is 3.31. The van der Waals surface area contributed by atoms with Gasteiger partial charge in [-0.2, -0.15) is 0 Å². The Bertz CT molecular complexity index is 603. The van der Waals surface area contributed by atoms with Gasteiger partial charge in [0.1, 0.15) is 0 Å². The first-order valence-corrected chi connectivity index (χ1v) is 8.09. The Morgan fingerprint density at radius 1 is 1.00 bits per heavy atom. The number of carbonyl (C=O) groups is 2. The van der Waals surface area contributed by atoms with Gasteiger partial charge in [0.15, 0.2) is 0 Å². The highest BCUT2D eigenvalue weighted by atomic mass is 16.2. The molecule has 118 valence electrons. The number of benzene rings is 1. The third-order valence-corrected chi connectivity index (χ3v) is 5.10. The molecule has 1 saturated carbocycles. The van der Waals surface area contributed by atoms with E-state index in [9.17, 15) is 9.59 Å². The van der Waals surface area contributed by atoms with Crippen molar-refractivity contribution in [2.45, 2.75) is 33.1 Å². The Balaban J connectivity index is 1.59. The highest BCUT2D eigenvalue weighted by Crippen LogP contribution is 2.48. The van der Waals surface area contributed by atoms with Gasteiger partial charge in [-0.15, -0.1) is 0 Å². The number of aryl methyl sites for hydroxylation is 2. The number of carbonyl (C=O) groups excluding carboxylic acids is 2. The van der Waals surface area contributed by atoms with Gasteiger partial charge in [0.25, 0.3) is 0 Å². The zero-order valence-electron chi connectivity index (χ0n) is 13.6. The summed E-state index contributed by atoms with van der Waals surface area (Å²) in [7, 11) is 0. The van der Waals surface area contributed by atoms with Crippen LogP contribution in [0, 0.1) is 19.8 Å². The van der Waals surface area contributed by atoms with E-state index in [2.05, 4.69) is 32.0 Å². The highest BCUT2D eigenvalue weighted by Gasteiger charge is 2.46. The average molecular weight is 300 g/mol. The quantitative estimate of drug-likeness (QED) is 0.839. The molecule has 0 unspecified atom stereocenters. The fourth-order valence-corrected chi connectivity index (χ4v) is 3.31. The summed E-state index contributed by atoms with van der Waals surface area (Å²) in [6.07, 6.45) is 0.967. The lowest BCUT2D eigenvalue weighted by Crippen LogP contribution is -2.50. The number of nitrogens with zero attached hydrogens (tertiary/aromatic N) is 2. The summed E-state index contributed by atoms with van der Waals surface area (Å²) in [6, 6.07) is 6.53. The monoisotopic (exact) mass is 300 g/mol. The summed E-state index contributed by atoms with van der Waals surface area (Å²) >= 11 is 0. The molecule has 0 N–H and O–H groups in total. The van der Waals surface area contributed by atoms with Crippen molar-refractivity contribution in [3.8, 4) is 0 Å². The van der Waals surface area contributed by atoms with Crippen molar-refractivity contribution in [2.24, 2.45) is 5.92 Å². The van der Waals surface area contributed by atoms with E-state index in [-0.39, 0.29) is 17.7 Å². The van der Waals surface area contributed by atoms with Crippen molar-refractivity contribution in [3.05, 3.63) is 34.9 Å². The third-order valence-electron chi connectivity index (χ3n) is 5.10. The standard InChI is InChI=1S/C18H24N2O2/c1-12-4-5-15(10-13(12)2)16-11-17(16)18(22)20-8-6-19(7-9-20)14(3)21/h4-5,10,16-17H,6-9,11H2,1-3H3/t16-,17+/m0/s1. The minimum atomic E-state index is 0.103. The molecule has 1 aliphatic carbocycles. The molecule has 22 heavy (non-hydrogen) atoms. The van der Waals surface area contributed by atoms with E-state index >= 15 is 0 Å². The van der Waals surface area contributed by atoms with Crippen molar-refractivity contribution in [2.75, 3.05) is 26.2 Å². The molecule has 1 aliphatic heterocycles. The van der Waals surface area contributed by atoms with Gasteiger partial charge in [-0.3, -0.25) is 9.59 Å². The van der Waals surface area contributed by atoms with Gasteiger partial charge in [-0.25, -0.2) is 0 Å². The molecule has 0 spiro atoms. The zero-order chi connectivity index (χ0) is 15.9. The molecular formula is C18H24N2O2. The average Bonchev–Trinajstić information content (AvgIpc) is 3.30. The van der Waals surface area contributed by atoms with Crippen LogP contribution in [0.1, 0.15) is 36.0 Å². The number of hydrogen-bond donors (Lipinski definition) is 0. The molecule has 0 aromatic heterocycles. The maximum absolute atomic E-state index is 12.6. The van der Waals surface area contributed by atoms with Gasteiger partial charge >= 0.3 is 0 Å². The first-order chi connectivity index (χ1) is 10.5. The van der Waals surface area contributed by atoms with Crippen molar-refractivity contribution < 1.29 is 9.59 Å². The lowest BCUT2D eigenvalue weighted by Gasteiger charge is -2.34. The van der Waals surface area contributed by atoms with Crippen LogP contribution in [0.3, 0.4) is 0 Å². The molecule has 3 rings (SSSR count). The normalized spacial score (nSPS) is 24.3. The summed E-state index contributed by atoms with van der Waals surface area (Å²) in [5.74, 6) is 0.904. The number of hydrogen-bond acceptors (Lipinski definition) is 2. The second-order valence-electron chi connectivity index (χ2n) is 6.62. The molecule has 1 saturated heterocycles. The molecule has 1 aromatic carbocycles. The molecule has 2 fully saturated rings. The van der Waals surface area contributed by atoms with Crippen molar-refractivity contribution in [1.82, 2.24) is 9.80 Å². The largest absolute Gasteiger partial charge is 0.339 e. The molecule has 1 heterocycles. The van der Waals surface area contributed by atoms with E-state index in [4.69, 9.17) is 0 Å². The molecule has 4 nitrogen and oxygen atoms in total. The van der Waals surface area contributed by atoms with E-state index in [1.54, 1.807) is 6.92 Å². The minimum absolute atomic E-state index is 0.103. The zero-order valence-corrected chi connectivity index (χ0v) is 13.6. The summed E-state index contributed by atoms with van der Waals surface area (Å²) < 4.78 is 0. The Morgan fingerprint density at radius 2 is 1.64 bits per heavy atom. The van der Waals surface area contributed by atoms with Gasteiger partial charge in [0.05, 0.1) is 0 Å². The maximum Gasteiger partial charge on any atom is 0.226 e. The fraction of sp³-hybridized carbons (Fsp3) is 0.556. The van der Waals surface area contributed by atoms with E-state index in [1.165, 1.54) is 16.7 Å². The van der Waals surface area contributed by atoms with E-state index in [1.807, 2.05) is 9.80 Å². The van der Waals surface area contributed by atoms with Crippen LogP contribution < -0.4 is 0 Å². The predicted molar refractivity (Wildman–Crippen MR) is 85.6 cm³/mol. The first kappa shape index (κ1) is 15.1. The van der Waals surface area contributed by atoms with Crippen LogP contribution in [0.2, 0.25) is 0 Å². The van der Waals surface area contributed by atoms with Gasteiger partial charge in [-0.1, -0.05) is 18.2 Å². The molecule has 0 bridgehead atoms. The van der Waals surface area contributed by atoms with Crippen LogP contribution in [0.5, 0.6) is 0 Å². The van der Waals surface area contributed by atoms with Crippen LogP contribution in [0.15, 0.2) is 18.2 Å². The number of amides is 2. The van der Waals surface area contributed by atoms with Crippen LogP contribution in [0.25, 0.3) is 0 Å². The molecule has 2 amide bonds. The van der Waals surface area contributed by atoms with Gasteiger partial charge in [0, 0.05) is 39.0 Å². The van der Waals surface area contributed by atoms with Crippen LogP contribution in [0.4, 0.5) is 0 Å². The molecule has 4 heteroatoms. The van der Waals surface area contributed by atoms with Crippen molar-refractivity contribution >= 4 is 11.8 Å². The Labute approximate surface area is 132 Å². The molecule has 0 radical (unpaired) electrons. The van der Waals surface area contributed by atoms with Gasteiger partial charge < -0.3 is 9.80 Å². The van der Waals surface area contributed by atoms with E-state index in [0.29, 0.717) is 32.1 Å². The second-order valence-corrected chi connectivity index (χ2v) is 6.62. The second kappa shape index (κ2) is 5.75. The Kier molecular flexibility index (Phi) is 3.94. The SMILES string of the molecule is CC(=O)N1CCN(C(=O)[C@@H]2C[C@H]2c2ccc(C)c(C)c2)CC1. The highest BCUT2D eigenvalue weighted by molar-refractivity contribution is 5.83. The summed E-state index contributed by atoms with van der Waals surface area (Å²) in [5.41, 5.74) is 3.89. The third kappa shape index (κ3) is 2.87. The minimum Gasteiger partial charge on any atom is -0.339 e. The van der Waals surface area contributed by atoms with E-state index in [0.717, 1.165) is 6.42 Å². The predicted octanol–water partition coefficient (Wildman–Crippen LogP) is 2.10. The van der Waals surface area contributed by atoms with Crippen LogP contribution in [-0.4, -0.2) is 47.8 Å². The molecule has 2 aliphatic rings. The van der Waals surface area contributed by atoms with Crippen LogP contribution >= 0.6 is 0 Å². The first-order valence-electron chi connectivity index (χ1n) is 8.09. The van der Waals surface area contributed by atoms with E-state index < -0.39 is 0 Å². The lowest BCUT2D eigenvalue weighted by molar-refractivity contribution is -0.139. The van der Waals surface area contributed by atoms with Crippen LogP contribution in [-0.2, 0) is 9.59 Å². The molecule has 1 aromatic rings. The van der Waals surface area contributed by atoms with Gasteiger partial charge in [0.2, 0.25) is 11.8 Å². The molecule has 2 atom stereocenters. The Hall–Kier alpha value is -1.84. The maximum atomic E-state index is 12.6. The summed E-state index contributed by atoms with van der Waals surface area (Å²) in [5, 5.41) is 0. The topological polar surface area (TPSA) is 40.6 Å². The Morgan fingerprint density at radius 3 is 2.23 bits per heavy atom. The number of piperazine rings is 1. The smallest absolute Gasteiger partial charge is 0.226 e. The van der Waals surface area contributed by atoms with Crippen molar-refractivity contribution in [3.63, 3.8) is 0 Å². The molecular weight excluding hydrogens is 276 g/mol. The number of rotatable bonds is 2. The van der Waals surface area contributed by atoms with Gasteiger partial charge in [-0.05, 0) is 42.9 Å². The summed E-state index contributed by atoms with van der Waals surface area (Å²) in [4.78, 5) is 27.7. The van der Waals surface area contributed by atoms with Crippen molar-refractivity contribution in [1.29, 1.82) is 0 Å².